The number of hydrogen-bond acceptors (Lipinski definition) is 5. The number of para-hydroxylation sites is 1. The van der Waals surface area contributed by atoms with Crippen LogP contribution in [0.5, 0.6) is 0 Å². The maximum atomic E-state index is 12.8. The van der Waals surface area contributed by atoms with Gasteiger partial charge in [-0.3, -0.25) is 4.79 Å². The van der Waals surface area contributed by atoms with Gasteiger partial charge in [0.25, 0.3) is 5.91 Å². The Morgan fingerprint density at radius 1 is 1.06 bits per heavy atom. The van der Waals surface area contributed by atoms with E-state index in [4.69, 9.17) is 21.1 Å². The van der Waals surface area contributed by atoms with Crippen molar-refractivity contribution in [2.24, 2.45) is 0 Å². The predicted molar refractivity (Wildman–Crippen MR) is 115 cm³/mol. The van der Waals surface area contributed by atoms with Crippen molar-refractivity contribution in [2.75, 3.05) is 12.4 Å². The van der Waals surface area contributed by atoms with Gasteiger partial charge in [-0.2, -0.15) is 0 Å². The second kappa shape index (κ2) is 8.62. The van der Waals surface area contributed by atoms with Crippen molar-refractivity contribution in [2.45, 2.75) is 12.5 Å². The molecular formula is C24H18ClNO5. The third-order valence-electron chi connectivity index (χ3n) is 5.07. The summed E-state index contributed by atoms with van der Waals surface area (Å²) in [4.78, 5) is 37.3. The number of carbonyl (C=O) groups excluding carboxylic acids is 3. The first-order chi connectivity index (χ1) is 15.0. The van der Waals surface area contributed by atoms with Gasteiger partial charge in [0.2, 0.25) is 0 Å². The van der Waals surface area contributed by atoms with Crippen LogP contribution in [0, 0.1) is 0 Å². The molecule has 0 bridgehead atoms. The van der Waals surface area contributed by atoms with Crippen molar-refractivity contribution in [3.63, 3.8) is 0 Å². The van der Waals surface area contributed by atoms with Crippen LogP contribution in [-0.2, 0) is 15.9 Å². The van der Waals surface area contributed by atoms with E-state index in [0.29, 0.717) is 39.4 Å². The summed E-state index contributed by atoms with van der Waals surface area (Å²) in [7, 11) is 1.28. The molecule has 7 heteroatoms. The number of benzene rings is 3. The molecule has 4 rings (SSSR count). The Morgan fingerprint density at radius 3 is 2.58 bits per heavy atom. The first-order valence-corrected chi connectivity index (χ1v) is 9.92. The Morgan fingerprint density at radius 2 is 1.81 bits per heavy atom. The maximum absolute atomic E-state index is 12.8. The smallest absolute Gasteiger partial charge is 0.339 e. The van der Waals surface area contributed by atoms with Crippen LogP contribution in [-0.4, -0.2) is 25.0 Å². The summed E-state index contributed by atoms with van der Waals surface area (Å²) in [5, 5.41) is 3.25. The highest BCUT2D eigenvalue weighted by atomic mass is 35.5. The Labute approximate surface area is 183 Å². The molecule has 0 saturated carbocycles. The number of ether oxygens (including phenoxy) is 2. The van der Waals surface area contributed by atoms with Crippen molar-refractivity contribution in [1.29, 1.82) is 0 Å². The third kappa shape index (κ3) is 4.15. The molecule has 0 aromatic heterocycles. The number of nitrogens with one attached hydrogen (secondary N) is 1. The Kier molecular flexibility index (Phi) is 5.73. The molecular weight excluding hydrogens is 418 g/mol. The summed E-state index contributed by atoms with van der Waals surface area (Å²) in [5.74, 6) is -1.42. The number of rotatable bonds is 4. The zero-order valence-electron chi connectivity index (χ0n) is 16.6. The van der Waals surface area contributed by atoms with E-state index in [1.165, 1.54) is 7.11 Å². The van der Waals surface area contributed by atoms with Crippen molar-refractivity contribution in [3.8, 4) is 0 Å². The van der Waals surface area contributed by atoms with Gasteiger partial charge in [-0.1, -0.05) is 41.9 Å². The van der Waals surface area contributed by atoms with E-state index in [1.807, 2.05) is 12.1 Å². The minimum Gasteiger partial charge on any atom is -0.465 e. The first-order valence-electron chi connectivity index (χ1n) is 9.55. The molecule has 6 nitrogen and oxygen atoms in total. The summed E-state index contributed by atoms with van der Waals surface area (Å²) in [6, 6.07) is 18.5. The average Bonchev–Trinajstić information content (AvgIpc) is 2.78. The van der Waals surface area contributed by atoms with Crippen LogP contribution in [0.3, 0.4) is 0 Å². The lowest BCUT2D eigenvalue weighted by Gasteiger charge is -2.26. The molecule has 1 heterocycles. The van der Waals surface area contributed by atoms with Crippen LogP contribution in [0.1, 0.15) is 48.3 Å². The Bertz CT molecular complexity index is 1190. The summed E-state index contributed by atoms with van der Waals surface area (Å²) in [6.07, 6.45) is -0.142. The van der Waals surface area contributed by atoms with Gasteiger partial charge in [-0.05, 0) is 42.0 Å². The molecule has 3 aromatic carbocycles. The van der Waals surface area contributed by atoms with Crippen LogP contribution in [0.2, 0.25) is 5.02 Å². The molecule has 1 aliphatic rings. The predicted octanol–water partition coefficient (Wildman–Crippen LogP) is 4.83. The van der Waals surface area contributed by atoms with Crippen molar-refractivity contribution in [1.82, 2.24) is 0 Å². The fourth-order valence-electron chi connectivity index (χ4n) is 3.52. The van der Waals surface area contributed by atoms with Crippen LogP contribution < -0.4 is 5.32 Å². The van der Waals surface area contributed by atoms with Crippen LogP contribution in [0.4, 0.5) is 5.69 Å². The second-order valence-corrected chi connectivity index (χ2v) is 7.39. The highest BCUT2D eigenvalue weighted by molar-refractivity contribution is 6.31. The highest BCUT2D eigenvalue weighted by Crippen LogP contribution is 2.34. The van der Waals surface area contributed by atoms with Gasteiger partial charge in [0.15, 0.2) is 0 Å². The van der Waals surface area contributed by atoms with E-state index >= 15 is 0 Å². The molecule has 1 aliphatic heterocycles. The van der Waals surface area contributed by atoms with Gasteiger partial charge in [0.1, 0.15) is 6.10 Å². The minimum atomic E-state index is -0.549. The molecule has 0 spiro atoms. The van der Waals surface area contributed by atoms with Crippen molar-refractivity contribution < 1.29 is 23.9 Å². The molecule has 3 aromatic rings. The van der Waals surface area contributed by atoms with E-state index in [1.54, 1.807) is 54.6 Å². The zero-order chi connectivity index (χ0) is 22.0. The first kappa shape index (κ1) is 20.6. The molecule has 0 aliphatic carbocycles. The van der Waals surface area contributed by atoms with Crippen LogP contribution in [0.15, 0.2) is 66.7 Å². The monoisotopic (exact) mass is 435 g/mol. The number of hydrogen-bond donors (Lipinski definition) is 1. The Balaban J connectivity index is 1.61. The molecule has 1 N–H and O–H groups in total. The van der Waals surface area contributed by atoms with Crippen LogP contribution in [0.25, 0.3) is 0 Å². The fourth-order valence-corrected chi connectivity index (χ4v) is 3.78. The quantitative estimate of drug-likeness (QED) is 0.593. The van der Waals surface area contributed by atoms with Crippen molar-refractivity contribution >= 4 is 35.1 Å². The topological polar surface area (TPSA) is 81.7 Å². The summed E-state index contributed by atoms with van der Waals surface area (Å²) >= 11 is 6.26. The second-order valence-electron chi connectivity index (χ2n) is 6.98. The van der Waals surface area contributed by atoms with Crippen LogP contribution >= 0.6 is 11.6 Å². The normalized spacial score (nSPS) is 14.9. The summed E-state index contributed by atoms with van der Waals surface area (Å²) in [6.45, 7) is 0. The average molecular weight is 436 g/mol. The van der Waals surface area contributed by atoms with Gasteiger partial charge < -0.3 is 14.8 Å². The third-order valence-corrected chi connectivity index (χ3v) is 5.42. The molecule has 1 amide bonds. The van der Waals surface area contributed by atoms with E-state index < -0.39 is 23.9 Å². The van der Waals surface area contributed by atoms with Crippen molar-refractivity contribution in [3.05, 3.63) is 99.6 Å². The number of anilines is 1. The molecule has 0 radical (unpaired) electrons. The summed E-state index contributed by atoms with van der Waals surface area (Å²) in [5.41, 5.74) is 2.75. The van der Waals surface area contributed by atoms with E-state index in [-0.39, 0.29) is 5.56 Å². The molecule has 31 heavy (non-hydrogen) atoms. The van der Waals surface area contributed by atoms with E-state index in [0.717, 1.165) is 0 Å². The number of halogens is 1. The number of esters is 2. The number of carbonyl (C=O) groups is 3. The number of cyclic esters (lactones) is 1. The lowest BCUT2D eigenvalue weighted by atomic mass is 9.93. The molecule has 156 valence electrons. The fraction of sp³-hybridized carbons (Fsp3) is 0.125. The summed E-state index contributed by atoms with van der Waals surface area (Å²) < 4.78 is 10.3. The lowest BCUT2D eigenvalue weighted by molar-refractivity contribution is 0.0252. The van der Waals surface area contributed by atoms with E-state index in [9.17, 15) is 14.4 Å². The Hall–Kier alpha value is -3.64. The molecule has 0 fully saturated rings. The van der Waals surface area contributed by atoms with Gasteiger partial charge in [0, 0.05) is 22.6 Å². The molecule has 0 unspecified atom stereocenters. The van der Waals surface area contributed by atoms with E-state index in [2.05, 4.69) is 5.32 Å². The number of methoxy groups -OCH3 is 1. The molecule has 1 atom stereocenters. The number of fused-ring (bicyclic) bond motifs is 1. The maximum Gasteiger partial charge on any atom is 0.339 e. The number of amides is 1. The minimum absolute atomic E-state index is 0.249. The standard InChI is InChI=1S/C24H18ClNO5/c1-30-23(28)18-7-3-5-9-20(18)26-22(27)14-10-11-16-15(12-14)13-21(31-24(16)29)17-6-2-4-8-19(17)25/h2-12,21H,13H2,1H3,(H,26,27)/t21-/m1/s1. The highest BCUT2D eigenvalue weighted by Gasteiger charge is 2.29. The van der Waals surface area contributed by atoms with Gasteiger partial charge in [0.05, 0.1) is 23.9 Å². The molecule has 0 saturated heterocycles. The van der Waals surface area contributed by atoms with Gasteiger partial charge in [-0.15, -0.1) is 0 Å². The zero-order valence-corrected chi connectivity index (χ0v) is 17.3. The lowest BCUT2D eigenvalue weighted by Crippen LogP contribution is -2.23. The van der Waals surface area contributed by atoms with Gasteiger partial charge in [-0.25, -0.2) is 9.59 Å². The van der Waals surface area contributed by atoms with Gasteiger partial charge >= 0.3 is 11.9 Å². The SMILES string of the molecule is COC(=O)c1ccccc1NC(=O)c1ccc2c(c1)C[C@H](c1ccccc1Cl)OC2=O. The largest absolute Gasteiger partial charge is 0.465 e.